The first-order chi connectivity index (χ1) is 24.2. The second-order valence-electron chi connectivity index (χ2n) is 15.3. The smallest absolute Gasteiger partial charge is 0.407 e. The molecule has 0 bridgehead atoms. The van der Waals surface area contributed by atoms with Crippen molar-refractivity contribution in [3.05, 3.63) is 59.7 Å². The lowest BCUT2D eigenvalue weighted by Crippen LogP contribution is -2.63. The lowest BCUT2D eigenvalue weighted by Gasteiger charge is -2.32. The Kier molecular flexibility index (Phi) is 14.0. The zero-order valence-electron chi connectivity index (χ0n) is 31.6. The number of benzene rings is 2. The fourth-order valence-electron chi connectivity index (χ4n) is 5.98. The fourth-order valence-corrected chi connectivity index (χ4v) is 5.98. The van der Waals surface area contributed by atoms with Crippen molar-refractivity contribution in [3.8, 4) is 11.1 Å². The predicted octanol–water partition coefficient (Wildman–Crippen LogP) is 4.67. The molecule has 4 atom stereocenters. The first-order valence-corrected chi connectivity index (χ1v) is 17.7. The number of aliphatic carboxylic acids is 1. The summed E-state index contributed by atoms with van der Waals surface area (Å²) in [4.78, 5) is 77.9. The molecule has 0 saturated carbocycles. The molecule has 2 aromatic rings. The third-order valence-corrected chi connectivity index (χ3v) is 8.85. The molecule has 284 valence electrons. The van der Waals surface area contributed by atoms with Crippen molar-refractivity contribution in [2.45, 2.75) is 117 Å². The number of fused-ring (bicyclic) bond motifs is 3. The lowest BCUT2D eigenvalue weighted by atomic mass is 9.95. The van der Waals surface area contributed by atoms with Crippen molar-refractivity contribution in [2.24, 2.45) is 11.8 Å². The molecule has 0 unspecified atom stereocenters. The molecule has 4 amide bonds. The van der Waals surface area contributed by atoms with Crippen LogP contribution in [0.2, 0.25) is 0 Å². The molecular formula is C39H54N4O9. The summed E-state index contributed by atoms with van der Waals surface area (Å²) in [5.41, 5.74) is 1.84. The zero-order valence-corrected chi connectivity index (χ0v) is 31.6. The molecule has 0 radical (unpaired) electrons. The first kappa shape index (κ1) is 41.5. The molecule has 3 rings (SSSR count). The maximum absolute atomic E-state index is 13.7. The van der Waals surface area contributed by atoms with E-state index in [-0.39, 0.29) is 30.8 Å². The highest BCUT2D eigenvalue weighted by molar-refractivity contribution is 5.97. The number of esters is 1. The summed E-state index contributed by atoms with van der Waals surface area (Å²) in [6.45, 7) is 15.2. The number of carbonyl (C=O) groups is 6. The van der Waals surface area contributed by atoms with Crippen LogP contribution in [0.1, 0.15) is 98.6 Å². The number of carboxylic acid groups (broad SMARTS) is 1. The highest BCUT2D eigenvalue weighted by Crippen LogP contribution is 2.44. The number of alkyl carbamates (subject to hydrolysis) is 1. The lowest BCUT2D eigenvalue weighted by molar-refractivity contribution is -0.158. The molecule has 0 fully saturated rings. The summed E-state index contributed by atoms with van der Waals surface area (Å²) in [5, 5.41) is 20.0. The Morgan fingerprint density at radius 3 is 1.85 bits per heavy atom. The van der Waals surface area contributed by atoms with Crippen LogP contribution in [-0.4, -0.2) is 76.7 Å². The van der Waals surface area contributed by atoms with E-state index in [1.54, 1.807) is 27.7 Å². The van der Waals surface area contributed by atoms with Crippen LogP contribution in [0.15, 0.2) is 48.5 Å². The molecule has 13 heteroatoms. The quantitative estimate of drug-likeness (QED) is 0.153. The van der Waals surface area contributed by atoms with Gasteiger partial charge in [0, 0.05) is 5.92 Å². The van der Waals surface area contributed by atoms with E-state index in [9.17, 15) is 33.9 Å². The normalized spacial score (nSPS) is 14.9. The minimum Gasteiger partial charge on any atom is -0.480 e. The van der Waals surface area contributed by atoms with Crippen molar-refractivity contribution in [1.29, 1.82) is 0 Å². The number of carboxylic acids is 1. The van der Waals surface area contributed by atoms with Crippen molar-refractivity contribution in [2.75, 3.05) is 6.61 Å². The molecule has 1 aliphatic carbocycles. The summed E-state index contributed by atoms with van der Waals surface area (Å²) in [6, 6.07) is 12.1. The van der Waals surface area contributed by atoms with Crippen molar-refractivity contribution in [1.82, 2.24) is 21.3 Å². The third kappa shape index (κ3) is 11.3. The maximum Gasteiger partial charge on any atom is 0.407 e. The molecule has 5 N–H and O–H groups in total. The number of hydrogen-bond donors (Lipinski definition) is 5. The van der Waals surface area contributed by atoms with Crippen LogP contribution >= 0.6 is 0 Å². The van der Waals surface area contributed by atoms with E-state index in [1.165, 1.54) is 13.8 Å². The van der Waals surface area contributed by atoms with E-state index in [2.05, 4.69) is 21.3 Å². The largest absolute Gasteiger partial charge is 0.480 e. The second kappa shape index (κ2) is 17.5. The number of carbonyl (C=O) groups excluding carboxylic acids is 5. The Balaban J connectivity index is 1.67. The van der Waals surface area contributed by atoms with E-state index < -0.39 is 71.4 Å². The number of rotatable bonds is 16. The van der Waals surface area contributed by atoms with E-state index in [0.717, 1.165) is 22.3 Å². The Hall–Kier alpha value is -4.94. The molecular weight excluding hydrogens is 668 g/mol. The molecule has 0 spiro atoms. The van der Waals surface area contributed by atoms with Crippen LogP contribution < -0.4 is 21.3 Å². The van der Waals surface area contributed by atoms with Gasteiger partial charge in [-0.3, -0.25) is 19.2 Å². The van der Waals surface area contributed by atoms with Crippen molar-refractivity contribution >= 4 is 35.8 Å². The average molecular weight is 723 g/mol. The van der Waals surface area contributed by atoms with Crippen LogP contribution in [0.4, 0.5) is 4.79 Å². The first-order valence-electron chi connectivity index (χ1n) is 17.7. The van der Waals surface area contributed by atoms with Gasteiger partial charge in [-0.05, 0) is 75.1 Å². The van der Waals surface area contributed by atoms with Crippen molar-refractivity contribution < 1.29 is 43.3 Å². The summed E-state index contributed by atoms with van der Waals surface area (Å²) in [7, 11) is 0. The van der Waals surface area contributed by atoms with Crippen LogP contribution in [-0.2, 0) is 33.4 Å². The summed E-state index contributed by atoms with van der Waals surface area (Å²) >= 11 is 0. The van der Waals surface area contributed by atoms with Gasteiger partial charge in [0.15, 0.2) is 0 Å². The highest BCUT2D eigenvalue weighted by atomic mass is 16.6. The third-order valence-electron chi connectivity index (χ3n) is 8.85. The van der Waals surface area contributed by atoms with Gasteiger partial charge in [-0.2, -0.15) is 0 Å². The SMILES string of the molecule is CC[C@H](C)[C@H](NC(=O)OCC1c2ccccc2-c2ccccc21)C(=O)NC(C)(C)C(=O)N[C@@H](CC(C)C)C(=O)N[C@@H](CC(=O)OC(C)(C)C)C(=O)O. The molecule has 0 aromatic heterocycles. The van der Waals surface area contributed by atoms with E-state index in [0.29, 0.717) is 6.42 Å². The molecule has 2 aromatic carbocycles. The molecule has 0 saturated heterocycles. The Morgan fingerprint density at radius 2 is 1.35 bits per heavy atom. The van der Waals surface area contributed by atoms with E-state index >= 15 is 0 Å². The highest BCUT2D eigenvalue weighted by Gasteiger charge is 2.38. The number of ether oxygens (including phenoxy) is 2. The molecule has 52 heavy (non-hydrogen) atoms. The number of hydrogen-bond acceptors (Lipinski definition) is 8. The van der Waals surface area contributed by atoms with Crippen LogP contribution in [0.3, 0.4) is 0 Å². The maximum atomic E-state index is 13.7. The van der Waals surface area contributed by atoms with E-state index in [1.807, 2.05) is 69.3 Å². The van der Waals surface area contributed by atoms with Gasteiger partial charge in [0.2, 0.25) is 17.7 Å². The van der Waals surface area contributed by atoms with Crippen LogP contribution in [0.25, 0.3) is 11.1 Å². The minimum absolute atomic E-state index is 0.0580. The van der Waals surface area contributed by atoms with Gasteiger partial charge in [-0.1, -0.05) is 82.6 Å². The molecule has 0 heterocycles. The van der Waals surface area contributed by atoms with Gasteiger partial charge in [0.05, 0.1) is 6.42 Å². The van der Waals surface area contributed by atoms with Crippen LogP contribution in [0.5, 0.6) is 0 Å². The van der Waals surface area contributed by atoms with Gasteiger partial charge < -0.3 is 35.8 Å². The van der Waals surface area contributed by atoms with Crippen molar-refractivity contribution in [3.63, 3.8) is 0 Å². The van der Waals surface area contributed by atoms with Crippen LogP contribution in [0, 0.1) is 11.8 Å². The molecule has 0 aliphatic heterocycles. The Bertz CT molecular complexity index is 1590. The minimum atomic E-state index is -1.60. The Labute approximate surface area is 306 Å². The topological polar surface area (TPSA) is 189 Å². The van der Waals surface area contributed by atoms with Gasteiger partial charge in [0.1, 0.15) is 35.9 Å². The van der Waals surface area contributed by atoms with Gasteiger partial charge >= 0.3 is 18.0 Å². The van der Waals surface area contributed by atoms with Gasteiger partial charge in [0.25, 0.3) is 0 Å². The fraction of sp³-hybridized carbons (Fsp3) is 0.538. The van der Waals surface area contributed by atoms with Gasteiger partial charge in [-0.15, -0.1) is 0 Å². The second-order valence-corrected chi connectivity index (χ2v) is 15.3. The summed E-state index contributed by atoms with van der Waals surface area (Å²) < 4.78 is 10.9. The predicted molar refractivity (Wildman–Crippen MR) is 195 cm³/mol. The monoisotopic (exact) mass is 722 g/mol. The van der Waals surface area contributed by atoms with Gasteiger partial charge in [-0.25, -0.2) is 9.59 Å². The zero-order chi connectivity index (χ0) is 39.0. The average Bonchev–Trinajstić information content (AvgIpc) is 3.37. The Morgan fingerprint density at radius 1 is 0.788 bits per heavy atom. The van der Waals surface area contributed by atoms with E-state index in [4.69, 9.17) is 9.47 Å². The summed E-state index contributed by atoms with van der Waals surface area (Å²) in [5.74, 6) is -5.01. The number of nitrogens with one attached hydrogen (secondary N) is 4. The number of amides is 4. The standard InChI is InChI=1S/C39H54N4O9/c1-10-23(4)32(42-37(50)51-21-28-26-17-13-11-15-24(26)25-16-12-14-18-27(25)28)34(46)43-39(8,9)36(49)41-29(19-22(2)3)33(45)40-30(35(47)48)20-31(44)52-38(5,6)7/h11-18,22-23,28-30,32H,10,19-21H2,1-9H3,(H,40,45)(H,41,49)(H,42,50)(H,43,46)(H,47,48)/t23-,29-,30-,32-/m0/s1. The molecule has 13 nitrogen and oxygen atoms in total. The molecule has 1 aliphatic rings. The summed E-state index contributed by atoms with van der Waals surface area (Å²) in [6.07, 6.45) is -0.730.